The highest BCUT2D eigenvalue weighted by atomic mass is 19.1. The number of phenols is 1. The lowest BCUT2D eigenvalue weighted by Crippen LogP contribution is -2.49. The highest BCUT2D eigenvalue weighted by Crippen LogP contribution is 2.48. The Hall–Kier alpha value is -3.70. The van der Waals surface area contributed by atoms with Crippen molar-refractivity contribution in [2.75, 3.05) is 31.1 Å². The third-order valence-corrected chi connectivity index (χ3v) is 10.7. The second-order valence-corrected chi connectivity index (χ2v) is 13.7. The quantitative estimate of drug-likeness (QED) is 0.284. The number of aromatic hydroxyl groups is 1. The van der Waals surface area contributed by atoms with Crippen molar-refractivity contribution in [1.82, 2.24) is 19.9 Å². The van der Waals surface area contributed by atoms with Crippen LogP contribution < -0.4 is 9.64 Å². The number of aryl methyl sites for hydroxylation is 1. The van der Waals surface area contributed by atoms with E-state index < -0.39 is 28.9 Å². The summed E-state index contributed by atoms with van der Waals surface area (Å²) in [4.78, 5) is 18.0. The largest absolute Gasteiger partial charge is 0.508 e. The highest BCUT2D eigenvalue weighted by Gasteiger charge is 2.53. The molecule has 4 aromatic rings. The average Bonchev–Trinajstić information content (AvgIpc) is 3.74. The van der Waals surface area contributed by atoms with Crippen molar-refractivity contribution in [3.8, 4) is 23.0 Å². The van der Waals surface area contributed by atoms with Crippen LogP contribution in [0.2, 0.25) is 0 Å². The molecule has 3 saturated heterocycles. The first-order valence-electron chi connectivity index (χ1n) is 15.9. The number of aromatic nitrogens is 3. The van der Waals surface area contributed by atoms with E-state index >= 15 is 4.39 Å². The van der Waals surface area contributed by atoms with Crippen LogP contribution >= 0.6 is 0 Å². The van der Waals surface area contributed by atoms with Crippen LogP contribution in [0.4, 0.5) is 19.0 Å². The van der Waals surface area contributed by atoms with Gasteiger partial charge in [-0.1, -0.05) is 13.0 Å². The summed E-state index contributed by atoms with van der Waals surface area (Å²) in [5, 5.41) is 23.1. The molecular formula is C34H36F3N5O3. The predicted octanol–water partition coefficient (Wildman–Crippen LogP) is 5.70. The van der Waals surface area contributed by atoms with Crippen LogP contribution in [0.1, 0.15) is 51.5 Å². The molecule has 5 atom stereocenters. The standard InChI is InChI=1S/C34H36F3N5O3/c1-3-22-25(36)6-5-19-10-21(43)11-23(27(19)22)29-28(37)30-24(14-38-29)31(42-15-18-9-26(42)33(2,44)12-18)40-32(39-30)45-17-34-7-4-8-41(34)16-20(35)13-34/h5-6,10-11,14,18,20,26,43-44H,3-4,7-9,12-13,15-17H2,1-2H3/t18?,20-,26?,33?,34+/m1/s1. The minimum Gasteiger partial charge on any atom is -0.508 e. The van der Waals surface area contributed by atoms with Crippen LogP contribution in [0.3, 0.4) is 0 Å². The van der Waals surface area contributed by atoms with Gasteiger partial charge in [0.25, 0.3) is 0 Å². The van der Waals surface area contributed by atoms with Crippen molar-refractivity contribution in [2.45, 2.75) is 75.7 Å². The fourth-order valence-electron chi connectivity index (χ4n) is 8.79. The molecule has 4 aliphatic rings. The van der Waals surface area contributed by atoms with Crippen LogP contribution in [0, 0.1) is 17.6 Å². The van der Waals surface area contributed by atoms with Gasteiger partial charge in [-0.3, -0.25) is 9.88 Å². The number of phenolic OH excluding ortho intramolecular Hbond substituents is 1. The van der Waals surface area contributed by atoms with Gasteiger partial charge in [0.1, 0.15) is 41.4 Å². The number of rotatable bonds is 6. The van der Waals surface area contributed by atoms with Crippen molar-refractivity contribution in [3.63, 3.8) is 0 Å². The summed E-state index contributed by atoms with van der Waals surface area (Å²) < 4.78 is 52.5. The molecule has 8 nitrogen and oxygen atoms in total. The molecule has 1 aliphatic carbocycles. The van der Waals surface area contributed by atoms with Gasteiger partial charge in [0.2, 0.25) is 0 Å². The molecule has 236 valence electrons. The van der Waals surface area contributed by atoms with Crippen LogP contribution in [0.15, 0.2) is 30.5 Å². The zero-order valence-corrected chi connectivity index (χ0v) is 25.4. The number of hydrogen-bond acceptors (Lipinski definition) is 8. The zero-order chi connectivity index (χ0) is 31.2. The molecular weight excluding hydrogens is 583 g/mol. The van der Waals surface area contributed by atoms with E-state index in [0.717, 1.165) is 25.8 Å². The molecule has 0 radical (unpaired) electrons. The van der Waals surface area contributed by atoms with Gasteiger partial charge in [0, 0.05) is 31.3 Å². The molecule has 1 saturated carbocycles. The lowest BCUT2D eigenvalue weighted by Gasteiger charge is -2.38. The van der Waals surface area contributed by atoms with Gasteiger partial charge in [-0.15, -0.1) is 0 Å². The maximum atomic E-state index is 16.8. The lowest BCUT2D eigenvalue weighted by molar-refractivity contribution is 0.0363. The Bertz CT molecular complexity index is 1850. The van der Waals surface area contributed by atoms with Gasteiger partial charge in [0.05, 0.1) is 22.6 Å². The van der Waals surface area contributed by atoms with E-state index in [4.69, 9.17) is 9.72 Å². The van der Waals surface area contributed by atoms with E-state index in [1.807, 2.05) is 18.7 Å². The number of nitrogens with zero attached hydrogens (tertiary/aromatic N) is 5. The van der Waals surface area contributed by atoms with Gasteiger partial charge in [-0.2, -0.15) is 9.97 Å². The lowest BCUT2D eigenvalue weighted by atomic mass is 9.94. The Kier molecular flexibility index (Phi) is 6.49. The smallest absolute Gasteiger partial charge is 0.319 e. The number of fused-ring (bicyclic) bond motifs is 5. The molecule has 0 amide bonds. The Morgan fingerprint density at radius 2 is 1.98 bits per heavy atom. The number of anilines is 1. The number of alkyl halides is 1. The minimum atomic E-state index is -0.933. The Labute approximate surface area is 258 Å². The number of ether oxygens (including phenoxy) is 1. The molecule has 45 heavy (non-hydrogen) atoms. The molecule has 8 rings (SSSR count). The maximum absolute atomic E-state index is 16.8. The van der Waals surface area contributed by atoms with E-state index in [-0.39, 0.29) is 47.1 Å². The molecule has 3 aliphatic heterocycles. The van der Waals surface area contributed by atoms with Gasteiger partial charge < -0.3 is 19.8 Å². The predicted molar refractivity (Wildman–Crippen MR) is 164 cm³/mol. The number of aliphatic hydroxyl groups is 1. The summed E-state index contributed by atoms with van der Waals surface area (Å²) in [6, 6.07) is 5.58. The molecule has 2 aromatic carbocycles. The van der Waals surface area contributed by atoms with Gasteiger partial charge >= 0.3 is 6.01 Å². The van der Waals surface area contributed by atoms with Gasteiger partial charge in [-0.05, 0) is 86.0 Å². The summed E-state index contributed by atoms with van der Waals surface area (Å²) in [6.45, 7) is 5.65. The van der Waals surface area contributed by atoms with Crippen LogP contribution in [-0.4, -0.2) is 79.7 Å². The number of halogens is 3. The second kappa shape index (κ2) is 10.2. The zero-order valence-electron chi connectivity index (χ0n) is 25.4. The molecule has 2 N–H and O–H groups in total. The maximum Gasteiger partial charge on any atom is 0.319 e. The Morgan fingerprint density at radius 3 is 2.76 bits per heavy atom. The first kappa shape index (κ1) is 28.8. The summed E-state index contributed by atoms with van der Waals surface area (Å²) in [5.74, 6) is -0.572. The summed E-state index contributed by atoms with van der Waals surface area (Å²) >= 11 is 0. The van der Waals surface area contributed by atoms with Crippen LogP contribution in [0.5, 0.6) is 11.8 Å². The van der Waals surface area contributed by atoms with Crippen molar-refractivity contribution >= 4 is 27.5 Å². The second-order valence-electron chi connectivity index (χ2n) is 13.7. The molecule has 2 bridgehead atoms. The van der Waals surface area contributed by atoms with E-state index in [2.05, 4.69) is 14.9 Å². The number of benzene rings is 2. The van der Waals surface area contributed by atoms with Crippen molar-refractivity contribution in [3.05, 3.63) is 47.7 Å². The van der Waals surface area contributed by atoms with Crippen LogP contribution in [0.25, 0.3) is 32.9 Å². The monoisotopic (exact) mass is 619 g/mol. The van der Waals surface area contributed by atoms with Gasteiger partial charge in [0.15, 0.2) is 5.82 Å². The Morgan fingerprint density at radius 1 is 1.13 bits per heavy atom. The first-order chi connectivity index (χ1) is 21.6. The number of piperidine rings is 1. The summed E-state index contributed by atoms with van der Waals surface area (Å²) in [6.07, 6.45) is 4.54. The van der Waals surface area contributed by atoms with Crippen LogP contribution in [-0.2, 0) is 6.42 Å². The molecule has 2 aromatic heterocycles. The van der Waals surface area contributed by atoms with E-state index in [0.29, 0.717) is 59.9 Å². The molecule has 4 fully saturated rings. The SMILES string of the molecule is CCc1c(F)ccc2cc(O)cc(-c3ncc4c(N5CC6CC5C(C)(O)C6)nc(OC[C@@]56CCCN5C[C@H](F)C6)nc4c3F)c12. The molecule has 11 heteroatoms. The van der Waals surface area contributed by atoms with Crippen molar-refractivity contribution in [1.29, 1.82) is 0 Å². The third-order valence-electron chi connectivity index (χ3n) is 10.7. The summed E-state index contributed by atoms with van der Waals surface area (Å²) in [5.41, 5.74) is -0.828. The molecule has 5 heterocycles. The molecule has 3 unspecified atom stereocenters. The Balaban J connectivity index is 1.29. The van der Waals surface area contributed by atoms with E-state index in [9.17, 15) is 19.0 Å². The van der Waals surface area contributed by atoms with Gasteiger partial charge in [-0.25, -0.2) is 13.2 Å². The average molecular weight is 620 g/mol. The topological polar surface area (TPSA) is 94.8 Å². The van der Waals surface area contributed by atoms with E-state index in [1.165, 1.54) is 24.4 Å². The normalized spacial score (nSPS) is 29.4. The van der Waals surface area contributed by atoms with Crippen molar-refractivity contribution < 1.29 is 28.1 Å². The highest BCUT2D eigenvalue weighted by molar-refractivity contribution is 6.01. The fourth-order valence-corrected chi connectivity index (χ4v) is 8.79. The molecule has 0 spiro atoms. The number of hydrogen-bond donors (Lipinski definition) is 2. The van der Waals surface area contributed by atoms with Crippen molar-refractivity contribution in [2.24, 2.45) is 5.92 Å². The fraction of sp³-hybridized carbons (Fsp3) is 0.500. The first-order valence-corrected chi connectivity index (χ1v) is 15.9. The summed E-state index contributed by atoms with van der Waals surface area (Å²) in [7, 11) is 0. The number of pyridine rings is 1. The minimum absolute atomic E-state index is 0.0241. The third kappa shape index (κ3) is 4.45. The van der Waals surface area contributed by atoms with E-state index in [1.54, 1.807) is 6.07 Å².